The highest BCUT2D eigenvalue weighted by Gasteiger charge is 2.19. The number of thioether (sulfide) groups is 1. The van der Waals surface area contributed by atoms with Crippen molar-refractivity contribution in [3.63, 3.8) is 0 Å². The molecule has 1 unspecified atom stereocenters. The third-order valence-electron chi connectivity index (χ3n) is 2.79. The summed E-state index contributed by atoms with van der Waals surface area (Å²) in [5.74, 6) is 1.04. The Labute approximate surface area is 113 Å². The second kappa shape index (κ2) is 6.97. The van der Waals surface area contributed by atoms with Gasteiger partial charge in [-0.3, -0.25) is 4.79 Å². The molecule has 0 spiro atoms. The summed E-state index contributed by atoms with van der Waals surface area (Å²) in [4.78, 5) is 14.9. The van der Waals surface area contributed by atoms with Gasteiger partial charge in [0.05, 0.1) is 0 Å². The van der Waals surface area contributed by atoms with E-state index in [2.05, 4.69) is 25.8 Å². The fourth-order valence-electron chi connectivity index (χ4n) is 1.70. The number of hydrogen-bond acceptors (Lipinski definition) is 3. The number of amides is 1. The van der Waals surface area contributed by atoms with E-state index < -0.39 is 0 Å². The van der Waals surface area contributed by atoms with Crippen molar-refractivity contribution >= 4 is 30.3 Å². The molecule has 1 aromatic carbocycles. The van der Waals surface area contributed by atoms with Crippen LogP contribution in [-0.2, 0) is 0 Å². The normalized spacial score (nSPS) is 12.2. The van der Waals surface area contributed by atoms with Crippen molar-refractivity contribution in [2.24, 2.45) is 0 Å². The number of thiol groups is 1. The van der Waals surface area contributed by atoms with Crippen molar-refractivity contribution in [2.75, 3.05) is 19.1 Å². The Bertz CT molecular complexity index is 381. The lowest BCUT2D eigenvalue weighted by molar-refractivity contribution is 0.0743. The molecule has 1 atom stereocenters. The summed E-state index contributed by atoms with van der Waals surface area (Å²) in [5, 5.41) is 0. The third kappa shape index (κ3) is 3.96. The van der Waals surface area contributed by atoms with E-state index in [4.69, 9.17) is 0 Å². The predicted molar refractivity (Wildman–Crippen MR) is 78.2 cm³/mol. The number of nitrogens with zero attached hydrogens (tertiary/aromatic N) is 1. The average Bonchev–Trinajstić information content (AvgIpc) is 2.34. The molecule has 0 aromatic heterocycles. The SMILES string of the molecule is CCC(CSC)N(C)C(=O)c1cccc(S)c1. The van der Waals surface area contributed by atoms with Crippen LogP contribution in [0.25, 0.3) is 0 Å². The van der Waals surface area contributed by atoms with Crippen molar-refractivity contribution in [1.82, 2.24) is 4.90 Å². The van der Waals surface area contributed by atoms with Crippen LogP contribution in [0.4, 0.5) is 0 Å². The molecule has 0 saturated heterocycles. The Hall–Kier alpha value is -0.610. The Balaban J connectivity index is 2.81. The second-order valence-electron chi connectivity index (χ2n) is 3.98. The van der Waals surface area contributed by atoms with Crippen molar-refractivity contribution in [1.29, 1.82) is 0 Å². The molecule has 17 heavy (non-hydrogen) atoms. The number of carbonyl (C=O) groups is 1. The van der Waals surface area contributed by atoms with Gasteiger partial charge in [-0.15, -0.1) is 12.6 Å². The number of carbonyl (C=O) groups excluding carboxylic acids is 1. The monoisotopic (exact) mass is 269 g/mol. The Morgan fingerprint density at radius 1 is 1.53 bits per heavy atom. The first-order valence-electron chi connectivity index (χ1n) is 5.65. The van der Waals surface area contributed by atoms with Crippen molar-refractivity contribution < 1.29 is 4.79 Å². The van der Waals surface area contributed by atoms with Gasteiger partial charge in [0.1, 0.15) is 0 Å². The maximum Gasteiger partial charge on any atom is 0.253 e. The van der Waals surface area contributed by atoms with Crippen LogP contribution in [0.15, 0.2) is 29.2 Å². The van der Waals surface area contributed by atoms with E-state index in [0.29, 0.717) is 11.6 Å². The molecule has 0 bridgehead atoms. The second-order valence-corrected chi connectivity index (χ2v) is 5.41. The van der Waals surface area contributed by atoms with E-state index >= 15 is 0 Å². The maximum atomic E-state index is 12.3. The van der Waals surface area contributed by atoms with Gasteiger partial charge in [-0.1, -0.05) is 13.0 Å². The molecule has 0 N–H and O–H groups in total. The highest BCUT2D eigenvalue weighted by molar-refractivity contribution is 7.98. The summed E-state index contributed by atoms with van der Waals surface area (Å²) in [7, 11) is 1.87. The summed E-state index contributed by atoms with van der Waals surface area (Å²) in [5.41, 5.74) is 0.708. The molecule has 2 nitrogen and oxygen atoms in total. The zero-order valence-corrected chi connectivity index (χ0v) is 12.2. The highest BCUT2D eigenvalue weighted by atomic mass is 32.2. The van der Waals surface area contributed by atoms with Gasteiger partial charge >= 0.3 is 0 Å². The fraction of sp³-hybridized carbons (Fsp3) is 0.462. The lowest BCUT2D eigenvalue weighted by Gasteiger charge is -2.26. The zero-order valence-electron chi connectivity index (χ0n) is 10.5. The summed E-state index contributed by atoms with van der Waals surface area (Å²) >= 11 is 6.03. The van der Waals surface area contributed by atoms with Crippen LogP contribution in [-0.4, -0.2) is 35.9 Å². The van der Waals surface area contributed by atoms with Gasteiger partial charge in [0.25, 0.3) is 5.91 Å². The Kier molecular flexibility index (Phi) is 5.92. The van der Waals surface area contributed by atoms with E-state index in [9.17, 15) is 4.79 Å². The van der Waals surface area contributed by atoms with Gasteiger partial charge in [-0.2, -0.15) is 11.8 Å². The molecule has 0 saturated carbocycles. The molecular weight excluding hydrogens is 250 g/mol. The van der Waals surface area contributed by atoms with Gasteiger partial charge in [0, 0.05) is 29.3 Å². The maximum absolute atomic E-state index is 12.3. The van der Waals surface area contributed by atoms with Crippen LogP contribution in [0.1, 0.15) is 23.7 Å². The van der Waals surface area contributed by atoms with Gasteiger partial charge in [-0.05, 0) is 30.9 Å². The standard InChI is InChI=1S/C13H19NOS2/c1-4-11(9-17-3)14(2)13(15)10-6-5-7-12(16)8-10/h5-8,11,16H,4,9H2,1-3H3. The molecule has 0 aliphatic rings. The first-order valence-corrected chi connectivity index (χ1v) is 7.49. The largest absolute Gasteiger partial charge is 0.338 e. The lowest BCUT2D eigenvalue weighted by Crippen LogP contribution is -2.38. The van der Waals surface area contributed by atoms with Gasteiger partial charge in [0.15, 0.2) is 0 Å². The number of rotatable bonds is 5. The molecule has 1 rings (SSSR count). The molecule has 0 radical (unpaired) electrons. The van der Waals surface area contributed by atoms with E-state index in [-0.39, 0.29) is 5.91 Å². The molecule has 0 heterocycles. The van der Waals surface area contributed by atoms with Crippen molar-refractivity contribution in [2.45, 2.75) is 24.3 Å². The quantitative estimate of drug-likeness (QED) is 0.829. The van der Waals surface area contributed by atoms with Crippen LogP contribution < -0.4 is 0 Å². The van der Waals surface area contributed by atoms with E-state index in [1.54, 1.807) is 11.8 Å². The highest BCUT2D eigenvalue weighted by Crippen LogP contribution is 2.15. The first-order chi connectivity index (χ1) is 8.10. The van der Waals surface area contributed by atoms with E-state index in [1.165, 1.54) is 0 Å². The molecular formula is C13H19NOS2. The van der Waals surface area contributed by atoms with Gasteiger partial charge in [0.2, 0.25) is 0 Å². The van der Waals surface area contributed by atoms with Crippen LogP contribution in [0, 0.1) is 0 Å². The third-order valence-corrected chi connectivity index (χ3v) is 3.79. The molecule has 0 aliphatic carbocycles. The summed E-state index contributed by atoms with van der Waals surface area (Å²) in [6.45, 7) is 2.11. The van der Waals surface area contributed by atoms with Crippen molar-refractivity contribution in [3.05, 3.63) is 29.8 Å². The van der Waals surface area contributed by atoms with Crippen LogP contribution in [0.2, 0.25) is 0 Å². The van der Waals surface area contributed by atoms with Crippen LogP contribution >= 0.6 is 24.4 Å². The van der Waals surface area contributed by atoms with E-state index in [1.807, 2.05) is 36.2 Å². The van der Waals surface area contributed by atoms with Gasteiger partial charge in [-0.25, -0.2) is 0 Å². The predicted octanol–water partition coefficient (Wildman–Crippen LogP) is 3.19. The first kappa shape index (κ1) is 14.5. The number of benzene rings is 1. The zero-order chi connectivity index (χ0) is 12.8. The molecule has 4 heteroatoms. The molecule has 94 valence electrons. The lowest BCUT2D eigenvalue weighted by atomic mass is 10.1. The molecule has 0 aliphatic heterocycles. The Morgan fingerprint density at radius 2 is 2.24 bits per heavy atom. The average molecular weight is 269 g/mol. The molecule has 1 amide bonds. The topological polar surface area (TPSA) is 20.3 Å². The fourth-order valence-corrected chi connectivity index (χ4v) is 2.77. The summed E-state index contributed by atoms with van der Waals surface area (Å²) in [6.07, 6.45) is 3.04. The van der Waals surface area contributed by atoms with Gasteiger partial charge < -0.3 is 4.90 Å². The minimum absolute atomic E-state index is 0.0711. The summed E-state index contributed by atoms with van der Waals surface area (Å²) in [6, 6.07) is 7.68. The summed E-state index contributed by atoms with van der Waals surface area (Å²) < 4.78 is 0. The Morgan fingerprint density at radius 3 is 2.76 bits per heavy atom. The minimum atomic E-state index is 0.0711. The van der Waals surface area contributed by atoms with Crippen molar-refractivity contribution in [3.8, 4) is 0 Å². The smallest absolute Gasteiger partial charge is 0.253 e. The minimum Gasteiger partial charge on any atom is -0.338 e. The molecule has 0 fully saturated rings. The van der Waals surface area contributed by atoms with Crippen LogP contribution in [0.3, 0.4) is 0 Å². The van der Waals surface area contributed by atoms with E-state index in [0.717, 1.165) is 17.1 Å². The van der Waals surface area contributed by atoms with Crippen LogP contribution in [0.5, 0.6) is 0 Å². The number of hydrogen-bond donors (Lipinski definition) is 1. The molecule has 1 aromatic rings.